The molecule has 0 aliphatic carbocycles. The lowest BCUT2D eigenvalue weighted by Crippen LogP contribution is -2.27. The fourth-order valence-electron chi connectivity index (χ4n) is 3.26. The first-order chi connectivity index (χ1) is 13.3. The van der Waals surface area contributed by atoms with E-state index < -0.39 is 35.9 Å². The fourth-order valence-corrected chi connectivity index (χ4v) is 3.26. The van der Waals surface area contributed by atoms with Crippen molar-refractivity contribution >= 4 is 11.0 Å². The van der Waals surface area contributed by atoms with E-state index >= 15 is 0 Å². The van der Waals surface area contributed by atoms with Crippen LogP contribution >= 0.6 is 0 Å². The van der Waals surface area contributed by atoms with Crippen LogP contribution in [0.3, 0.4) is 0 Å². The third kappa shape index (κ3) is 3.30. The first-order valence-corrected chi connectivity index (χ1v) is 8.50. The SMILES string of the molecule is O=c1nc2[nH]c(-c3ccc(C(F)(F)F)cc3)cc2cn1[C@H]1C[C@H](O)[C@@H](CO)O1. The standard InChI is InChI=1S/C18H16F3N3O4/c19-18(20,21)11-3-1-9(2-4-11)12-5-10-7-24(17(27)23-16(10)22-12)15-6-13(26)14(8-25)28-15/h1-5,7,13-15,25-26H,6,8H2,(H,22,23,27)/t13-,14+,15+/m0/s1. The molecule has 1 saturated heterocycles. The van der Waals surface area contributed by atoms with Crippen LogP contribution in [0.25, 0.3) is 22.3 Å². The first kappa shape index (κ1) is 18.7. The molecule has 0 radical (unpaired) electrons. The van der Waals surface area contributed by atoms with E-state index in [1.165, 1.54) is 22.9 Å². The van der Waals surface area contributed by atoms with Crippen molar-refractivity contribution in [3.8, 4) is 11.3 Å². The number of hydrogen-bond acceptors (Lipinski definition) is 5. The summed E-state index contributed by atoms with van der Waals surface area (Å²) < 4.78 is 44.8. The number of rotatable bonds is 3. The lowest BCUT2D eigenvalue weighted by atomic mass is 10.1. The minimum atomic E-state index is -4.41. The van der Waals surface area contributed by atoms with Gasteiger partial charge in [0.1, 0.15) is 18.0 Å². The Morgan fingerprint density at radius 3 is 2.61 bits per heavy atom. The Labute approximate surface area is 156 Å². The molecular formula is C18H16F3N3O4. The Bertz CT molecular complexity index is 1060. The van der Waals surface area contributed by atoms with Gasteiger partial charge in [0.05, 0.1) is 18.3 Å². The van der Waals surface area contributed by atoms with E-state index in [4.69, 9.17) is 4.74 Å². The van der Waals surface area contributed by atoms with Gasteiger partial charge in [-0.25, -0.2) is 4.79 Å². The molecule has 3 atom stereocenters. The number of aromatic nitrogens is 3. The number of aliphatic hydroxyl groups excluding tert-OH is 2. The van der Waals surface area contributed by atoms with Gasteiger partial charge in [0.25, 0.3) is 0 Å². The Kier molecular flexibility index (Phi) is 4.48. The quantitative estimate of drug-likeness (QED) is 0.630. The van der Waals surface area contributed by atoms with Crippen molar-refractivity contribution in [3.05, 3.63) is 52.6 Å². The maximum atomic E-state index is 12.7. The van der Waals surface area contributed by atoms with Gasteiger partial charge in [-0.05, 0) is 23.8 Å². The number of hydrogen-bond donors (Lipinski definition) is 3. The van der Waals surface area contributed by atoms with Gasteiger partial charge in [-0.15, -0.1) is 0 Å². The highest BCUT2D eigenvalue weighted by Crippen LogP contribution is 2.32. The number of aliphatic hydroxyl groups is 2. The highest BCUT2D eigenvalue weighted by molar-refractivity contribution is 5.82. The normalized spacial score (nSPS) is 22.8. The number of ether oxygens (including phenoxy) is 1. The zero-order valence-corrected chi connectivity index (χ0v) is 14.3. The molecule has 0 unspecified atom stereocenters. The zero-order valence-electron chi connectivity index (χ0n) is 14.3. The molecule has 1 fully saturated rings. The largest absolute Gasteiger partial charge is 0.416 e. The molecule has 2 aromatic heterocycles. The van der Waals surface area contributed by atoms with Crippen molar-refractivity contribution in [2.24, 2.45) is 0 Å². The van der Waals surface area contributed by atoms with E-state index in [2.05, 4.69) is 9.97 Å². The molecule has 10 heteroatoms. The average molecular weight is 395 g/mol. The second-order valence-corrected chi connectivity index (χ2v) is 6.61. The summed E-state index contributed by atoms with van der Waals surface area (Å²) in [6.45, 7) is -0.371. The van der Waals surface area contributed by atoms with Gasteiger partial charge in [0.2, 0.25) is 0 Å². The lowest BCUT2D eigenvalue weighted by molar-refractivity contribution is -0.137. The lowest BCUT2D eigenvalue weighted by Gasteiger charge is -2.14. The summed E-state index contributed by atoms with van der Waals surface area (Å²) >= 11 is 0. The molecule has 3 N–H and O–H groups in total. The predicted octanol–water partition coefficient (Wildman–Crippen LogP) is 2.05. The van der Waals surface area contributed by atoms with E-state index in [9.17, 15) is 28.2 Å². The van der Waals surface area contributed by atoms with Crippen LogP contribution in [0.1, 0.15) is 18.2 Å². The number of halogens is 3. The van der Waals surface area contributed by atoms with Crippen LogP contribution in [0.2, 0.25) is 0 Å². The minimum Gasteiger partial charge on any atom is -0.394 e. The van der Waals surface area contributed by atoms with Crippen LogP contribution in [-0.2, 0) is 10.9 Å². The number of H-pyrrole nitrogens is 1. The molecule has 7 nitrogen and oxygen atoms in total. The maximum absolute atomic E-state index is 12.7. The molecule has 1 aromatic carbocycles. The highest BCUT2D eigenvalue weighted by atomic mass is 19.4. The van der Waals surface area contributed by atoms with E-state index in [0.717, 1.165) is 12.1 Å². The summed E-state index contributed by atoms with van der Waals surface area (Å²) in [6.07, 6.45) is -5.21. The molecule has 0 bridgehead atoms. The molecule has 4 rings (SSSR count). The van der Waals surface area contributed by atoms with Gasteiger partial charge in [-0.2, -0.15) is 18.2 Å². The fraction of sp³-hybridized carbons (Fsp3) is 0.333. The van der Waals surface area contributed by atoms with Gasteiger partial charge in [-0.3, -0.25) is 4.57 Å². The molecule has 1 aliphatic rings. The van der Waals surface area contributed by atoms with Crippen molar-refractivity contribution in [1.82, 2.24) is 14.5 Å². The van der Waals surface area contributed by atoms with E-state index in [1.54, 1.807) is 6.07 Å². The minimum absolute atomic E-state index is 0.133. The van der Waals surface area contributed by atoms with Gasteiger partial charge < -0.3 is 19.9 Å². The summed E-state index contributed by atoms with van der Waals surface area (Å²) in [6, 6.07) is 6.30. The molecule has 3 aromatic rings. The molecule has 0 saturated carbocycles. The Balaban J connectivity index is 1.68. The molecule has 148 valence electrons. The van der Waals surface area contributed by atoms with Gasteiger partial charge >= 0.3 is 11.9 Å². The molecular weight excluding hydrogens is 379 g/mol. The molecule has 0 amide bonds. The summed E-state index contributed by atoms with van der Waals surface area (Å²) in [4.78, 5) is 19.2. The molecule has 3 heterocycles. The van der Waals surface area contributed by atoms with Crippen molar-refractivity contribution in [2.75, 3.05) is 6.61 Å². The number of alkyl halides is 3. The number of nitrogens with one attached hydrogen (secondary N) is 1. The smallest absolute Gasteiger partial charge is 0.394 e. The third-order valence-electron chi connectivity index (χ3n) is 4.75. The number of nitrogens with zero attached hydrogens (tertiary/aromatic N) is 2. The van der Waals surface area contributed by atoms with Crippen LogP contribution in [-0.4, -0.2) is 43.6 Å². The highest BCUT2D eigenvalue weighted by Gasteiger charge is 2.35. The second-order valence-electron chi connectivity index (χ2n) is 6.61. The Morgan fingerprint density at radius 2 is 2.00 bits per heavy atom. The maximum Gasteiger partial charge on any atom is 0.416 e. The van der Waals surface area contributed by atoms with E-state index in [-0.39, 0.29) is 18.7 Å². The summed E-state index contributed by atoms with van der Waals surface area (Å²) in [7, 11) is 0. The Hall–Kier alpha value is -2.69. The van der Waals surface area contributed by atoms with Crippen LogP contribution in [0.4, 0.5) is 13.2 Å². The van der Waals surface area contributed by atoms with Crippen LogP contribution in [0, 0.1) is 0 Å². The summed E-state index contributed by atoms with van der Waals surface area (Å²) in [5.74, 6) is 0. The van der Waals surface area contributed by atoms with E-state index in [0.29, 0.717) is 16.6 Å². The molecule has 28 heavy (non-hydrogen) atoms. The van der Waals surface area contributed by atoms with Gasteiger partial charge in [-0.1, -0.05) is 12.1 Å². The number of aromatic amines is 1. The second kappa shape index (κ2) is 6.73. The number of fused-ring (bicyclic) bond motifs is 1. The van der Waals surface area contributed by atoms with Crippen LogP contribution < -0.4 is 5.69 Å². The average Bonchev–Trinajstić information content (AvgIpc) is 3.23. The van der Waals surface area contributed by atoms with Crippen LogP contribution in [0.5, 0.6) is 0 Å². The molecule has 1 aliphatic heterocycles. The predicted molar refractivity (Wildman–Crippen MR) is 92.4 cm³/mol. The van der Waals surface area contributed by atoms with Crippen molar-refractivity contribution < 1.29 is 28.1 Å². The van der Waals surface area contributed by atoms with Crippen molar-refractivity contribution in [3.63, 3.8) is 0 Å². The molecule has 0 spiro atoms. The first-order valence-electron chi connectivity index (χ1n) is 8.50. The zero-order chi connectivity index (χ0) is 20.1. The monoisotopic (exact) mass is 395 g/mol. The summed E-state index contributed by atoms with van der Waals surface area (Å²) in [5.41, 5.74) is -0.0510. The van der Waals surface area contributed by atoms with Gasteiger partial charge in [0, 0.05) is 23.7 Å². The van der Waals surface area contributed by atoms with Crippen LogP contribution in [0.15, 0.2) is 41.3 Å². The Morgan fingerprint density at radius 1 is 1.29 bits per heavy atom. The summed E-state index contributed by atoms with van der Waals surface area (Å²) in [5, 5.41) is 19.6. The third-order valence-corrected chi connectivity index (χ3v) is 4.75. The van der Waals surface area contributed by atoms with Gasteiger partial charge in [0.15, 0.2) is 0 Å². The van der Waals surface area contributed by atoms with Crippen molar-refractivity contribution in [2.45, 2.75) is 31.0 Å². The topological polar surface area (TPSA) is 100 Å². The number of benzene rings is 1. The van der Waals surface area contributed by atoms with E-state index in [1.807, 2.05) is 0 Å². The van der Waals surface area contributed by atoms with Crippen molar-refractivity contribution in [1.29, 1.82) is 0 Å².